The van der Waals surface area contributed by atoms with Gasteiger partial charge in [-0.25, -0.2) is 4.98 Å². The van der Waals surface area contributed by atoms with Crippen molar-refractivity contribution in [3.63, 3.8) is 0 Å². The third-order valence-corrected chi connectivity index (χ3v) is 11.5. The van der Waals surface area contributed by atoms with Crippen molar-refractivity contribution < 1.29 is 0 Å². The van der Waals surface area contributed by atoms with Crippen molar-refractivity contribution in [2.75, 3.05) is 0 Å². The summed E-state index contributed by atoms with van der Waals surface area (Å²) < 4.78 is 2.53. The number of benzene rings is 2. The highest BCUT2D eigenvalue weighted by Gasteiger charge is 2.39. The monoisotopic (exact) mass is 683 g/mol. The summed E-state index contributed by atoms with van der Waals surface area (Å²) in [5, 5.41) is 0. The first-order chi connectivity index (χ1) is 24.7. The second-order valence-electron chi connectivity index (χ2n) is 15.9. The minimum Gasteiger partial charge on any atom is -0.335 e. The van der Waals surface area contributed by atoms with Gasteiger partial charge in [0.1, 0.15) is 5.82 Å². The lowest BCUT2D eigenvalue weighted by molar-refractivity contribution is 0.321. The Kier molecular flexibility index (Phi) is 23.0. The number of unbranched alkanes of at least 4 members (excludes halogenated alkanes) is 23. The Morgan fingerprint density at radius 3 is 1.42 bits per heavy atom. The van der Waals surface area contributed by atoms with Crippen molar-refractivity contribution in [3.05, 3.63) is 90.0 Å². The van der Waals surface area contributed by atoms with E-state index in [1.807, 2.05) is 0 Å². The third-order valence-electron chi connectivity index (χ3n) is 11.5. The molecule has 0 aliphatic heterocycles. The summed E-state index contributed by atoms with van der Waals surface area (Å²) in [4.78, 5) is 5.16. The Labute approximate surface area is 310 Å². The summed E-state index contributed by atoms with van der Waals surface area (Å²) in [6.07, 6.45) is 41.5. The minimum atomic E-state index is -0.0281. The molecule has 2 nitrogen and oxygen atoms in total. The van der Waals surface area contributed by atoms with Crippen LogP contribution in [0.1, 0.15) is 211 Å². The SMILES string of the molecule is CCCCCCCCCCCCCCCCCCC(c1nccn1CCCCCCCCCCC)C(C)(Cc1ccccc1)c1ccccc1. The average Bonchev–Trinajstić information content (AvgIpc) is 3.60. The zero-order chi connectivity index (χ0) is 35.4. The molecule has 0 aliphatic carbocycles. The first kappa shape index (κ1) is 42.1. The van der Waals surface area contributed by atoms with Crippen LogP contribution < -0.4 is 0 Å². The normalized spacial score (nSPS) is 13.4. The van der Waals surface area contributed by atoms with Crippen LogP contribution in [0.15, 0.2) is 73.1 Å². The van der Waals surface area contributed by atoms with Gasteiger partial charge in [-0.3, -0.25) is 0 Å². The largest absolute Gasteiger partial charge is 0.335 e. The molecule has 0 bridgehead atoms. The zero-order valence-electron chi connectivity index (χ0n) is 33.2. The first-order valence-electron chi connectivity index (χ1n) is 21.8. The van der Waals surface area contributed by atoms with Gasteiger partial charge in [-0.1, -0.05) is 236 Å². The number of rotatable bonds is 32. The molecule has 0 N–H and O–H groups in total. The van der Waals surface area contributed by atoms with Gasteiger partial charge in [0, 0.05) is 30.3 Å². The molecule has 0 radical (unpaired) electrons. The van der Waals surface area contributed by atoms with E-state index in [9.17, 15) is 0 Å². The second kappa shape index (κ2) is 27.3. The molecule has 3 aromatic rings. The van der Waals surface area contributed by atoms with Gasteiger partial charge in [-0.05, 0) is 30.4 Å². The van der Waals surface area contributed by atoms with Gasteiger partial charge in [0.15, 0.2) is 0 Å². The van der Waals surface area contributed by atoms with E-state index in [1.165, 1.54) is 184 Å². The van der Waals surface area contributed by atoms with E-state index in [0.29, 0.717) is 5.92 Å². The maximum Gasteiger partial charge on any atom is 0.112 e. The topological polar surface area (TPSA) is 17.8 Å². The number of aromatic nitrogens is 2. The quantitative estimate of drug-likeness (QED) is 0.0599. The highest BCUT2D eigenvalue weighted by molar-refractivity contribution is 5.33. The smallest absolute Gasteiger partial charge is 0.112 e. The summed E-state index contributed by atoms with van der Waals surface area (Å²) in [7, 11) is 0. The summed E-state index contributed by atoms with van der Waals surface area (Å²) >= 11 is 0. The third kappa shape index (κ3) is 16.8. The van der Waals surface area contributed by atoms with E-state index >= 15 is 0 Å². The summed E-state index contributed by atoms with van der Waals surface area (Å²) in [6.45, 7) is 8.24. The number of aryl methyl sites for hydroxylation is 1. The Bertz CT molecular complexity index is 1170. The van der Waals surface area contributed by atoms with Crippen molar-refractivity contribution >= 4 is 0 Å². The van der Waals surface area contributed by atoms with Gasteiger partial charge < -0.3 is 4.57 Å². The first-order valence-corrected chi connectivity index (χ1v) is 21.8. The van der Waals surface area contributed by atoms with Crippen LogP contribution in [-0.2, 0) is 18.4 Å². The van der Waals surface area contributed by atoms with Gasteiger partial charge in [0.05, 0.1) is 0 Å². The molecule has 2 atom stereocenters. The van der Waals surface area contributed by atoms with E-state index in [2.05, 4.69) is 98.4 Å². The fraction of sp³-hybridized carbons (Fsp3) is 0.688. The van der Waals surface area contributed by atoms with E-state index in [0.717, 1.165) is 13.0 Å². The Morgan fingerprint density at radius 1 is 0.520 bits per heavy atom. The lowest BCUT2D eigenvalue weighted by atomic mass is 9.66. The molecule has 0 saturated carbocycles. The molecule has 3 rings (SSSR count). The lowest BCUT2D eigenvalue weighted by Crippen LogP contribution is -2.35. The van der Waals surface area contributed by atoms with Gasteiger partial charge in [-0.15, -0.1) is 0 Å². The molecule has 2 unspecified atom stereocenters. The lowest BCUT2D eigenvalue weighted by Gasteiger charge is -2.39. The average molecular weight is 683 g/mol. The summed E-state index contributed by atoms with van der Waals surface area (Å²) in [5.74, 6) is 1.69. The Balaban J connectivity index is 1.53. The molecule has 0 spiro atoms. The molecule has 0 saturated heterocycles. The van der Waals surface area contributed by atoms with Crippen molar-refractivity contribution in [1.29, 1.82) is 0 Å². The molecule has 280 valence electrons. The van der Waals surface area contributed by atoms with Crippen LogP contribution in [0.5, 0.6) is 0 Å². The molecular formula is C48H78N2. The van der Waals surface area contributed by atoms with Crippen LogP contribution in [0, 0.1) is 0 Å². The fourth-order valence-corrected chi connectivity index (χ4v) is 8.31. The van der Waals surface area contributed by atoms with Gasteiger partial charge in [0.2, 0.25) is 0 Å². The van der Waals surface area contributed by atoms with Crippen LogP contribution in [0.4, 0.5) is 0 Å². The molecule has 0 aliphatic rings. The second-order valence-corrected chi connectivity index (χ2v) is 15.9. The maximum absolute atomic E-state index is 5.16. The zero-order valence-corrected chi connectivity index (χ0v) is 33.2. The van der Waals surface area contributed by atoms with Gasteiger partial charge in [0.25, 0.3) is 0 Å². The highest BCUT2D eigenvalue weighted by atomic mass is 15.1. The predicted molar refractivity (Wildman–Crippen MR) is 220 cm³/mol. The Hall–Kier alpha value is -2.35. The predicted octanol–water partition coefficient (Wildman–Crippen LogP) is 15.3. The van der Waals surface area contributed by atoms with E-state index in [4.69, 9.17) is 4.98 Å². The van der Waals surface area contributed by atoms with Crippen LogP contribution in [0.25, 0.3) is 0 Å². The molecule has 1 aromatic heterocycles. The van der Waals surface area contributed by atoms with Gasteiger partial charge in [-0.2, -0.15) is 0 Å². The van der Waals surface area contributed by atoms with Crippen LogP contribution in [0.2, 0.25) is 0 Å². The maximum atomic E-state index is 5.16. The van der Waals surface area contributed by atoms with Gasteiger partial charge >= 0.3 is 0 Å². The number of imidazole rings is 1. The van der Waals surface area contributed by atoms with Crippen LogP contribution in [-0.4, -0.2) is 9.55 Å². The van der Waals surface area contributed by atoms with E-state index in [-0.39, 0.29) is 5.41 Å². The van der Waals surface area contributed by atoms with Crippen molar-refractivity contribution in [1.82, 2.24) is 9.55 Å². The summed E-state index contributed by atoms with van der Waals surface area (Å²) in [5.41, 5.74) is 2.84. The number of nitrogens with zero attached hydrogens (tertiary/aromatic N) is 2. The molecule has 50 heavy (non-hydrogen) atoms. The molecule has 0 fully saturated rings. The van der Waals surface area contributed by atoms with Crippen molar-refractivity contribution in [2.45, 2.75) is 212 Å². The molecule has 0 amide bonds. The van der Waals surface area contributed by atoms with E-state index in [1.54, 1.807) is 0 Å². The van der Waals surface area contributed by atoms with Crippen molar-refractivity contribution in [2.24, 2.45) is 0 Å². The van der Waals surface area contributed by atoms with E-state index < -0.39 is 0 Å². The number of hydrogen-bond donors (Lipinski definition) is 0. The molecular weight excluding hydrogens is 605 g/mol. The molecule has 2 heteroatoms. The Morgan fingerprint density at radius 2 is 0.940 bits per heavy atom. The number of hydrogen-bond acceptors (Lipinski definition) is 1. The standard InChI is InChI=1S/C48H78N2/c1-4-6-8-10-12-14-15-16-17-18-19-20-21-23-25-33-39-46(47-49-40-42-50(47)41-34-26-24-22-13-11-9-7-5-2)48(3,45-37-31-28-32-38-45)43-44-35-29-27-30-36-44/h27-32,35-38,40,42,46H,4-26,33-34,39,41,43H2,1-3H3. The van der Waals surface area contributed by atoms with Crippen LogP contribution >= 0.6 is 0 Å². The van der Waals surface area contributed by atoms with Crippen molar-refractivity contribution in [3.8, 4) is 0 Å². The van der Waals surface area contributed by atoms with Crippen LogP contribution in [0.3, 0.4) is 0 Å². The molecule has 1 heterocycles. The minimum absolute atomic E-state index is 0.0281. The molecule has 2 aromatic carbocycles. The summed E-state index contributed by atoms with van der Waals surface area (Å²) in [6, 6.07) is 22.6. The highest BCUT2D eigenvalue weighted by Crippen LogP contribution is 2.44. The fourth-order valence-electron chi connectivity index (χ4n) is 8.31.